The Hall–Kier alpha value is -1.48. The monoisotopic (exact) mass is 352 g/mol. The lowest BCUT2D eigenvalue weighted by molar-refractivity contribution is -0.129. The third kappa shape index (κ3) is 5.24. The fourth-order valence-corrected chi connectivity index (χ4v) is 2.76. The number of rotatable bonds is 10. The summed E-state index contributed by atoms with van der Waals surface area (Å²) >= 11 is 0. The minimum atomic E-state index is -0.165. The minimum absolute atomic E-state index is 0.113. The van der Waals surface area contributed by atoms with Crippen LogP contribution in [0.25, 0.3) is 0 Å². The van der Waals surface area contributed by atoms with Crippen LogP contribution in [0.1, 0.15) is 6.92 Å². The molecule has 2 amide bonds. The number of hydrogen-bond acceptors (Lipinski definition) is 6. The van der Waals surface area contributed by atoms with Crippen LogP contribution in [0.15, 0.2) is 11.6 Å². The van der Waals surface area contributed by atoms with Gasteiger partial charge in [-0.1, -0.05) is 0 Å². The summed E-state index contributed by atoms with van der Waals surface area (Å²) in [5.74, 6) is -0.299. The van der Waals surface area contributed by atoms with Crippen LogP contribution < -0.4 is 0 Å². The van der Waals surface area contributed by atoms with Crippen LogP contribution in [-0.2, 0) is 28.5 Å². The number of hydrogen-bond donors (Lipinski definition) is 0. The van der Waals surface area contributed by atoms with E-state index in [9.17, 15) is 9.59 Å². The van der Waals surface area contributed by atoms with Gasteiger partial charge in [0.25, 0.3) is 0 Å². The minimum Gasteiger partial charge on any atom is -0.371 e. The third-order valence-electron chi connectivity index (χ3n) is 4.58. The molecule has 0 aliphatic carbocycles. The highest BCUT2D eigenvalue weighted by Gasteiger charge is 2.35. The Kier molecular flexibility index (Phi) is 4.77. The zero-order valence-corrected chi connectivity index (χ0v) is 14.4. The first-order valence-electron chi connectivity index (χ1n) is 8.81. The van der Waals surface area contributed by atoms with Crippen molar-refractivity contribution in [3.05, 3.63) is 11.6 Å². The summed E-state index contributed by atoms with van der Waals surface area (Å²) in [4.78, 5) is 28.8. The van der Waals surface area contributed by atoms with E-state index in [0.29, 0.717) is 58.2 Å². The van der Waals surface area contributed by atoms with Crippen LogP contribution in [0, 0.1) is 0 Å². The van der Waals surface area contributed by atoms with Gasteiger partial charge in [-0.3, -0.25) is 9.59 Å². The second kappa shape index (κ2) is 7.03. The molecule has 4 fully saturated rings. The van der Waals surface area contributed by atoms with Crippen LogP contribution in [0.5, 0.6) is 0 Å². The molecule has 4 rings (SSSR count). The van der Waals surface area contributed by atoms with Gasteiger partial charge in [0.2, 0.25) is 11.8 Å². The van der Waals surface area contributed by atoms with E-state index < -0.39 is 0 Å². The lowest BCUT2D eigenvalue weighted by Gasteiger charge is -2.22. The maximum atomic E-state index is 12.7. The predicted molar refractivity (Wildman–Crippen MR) is 85.9 cm³/mol. The molecule has 0 aromatic carbocycles. The van der Waals surface area contributed by atoms with Crippen molar-refractivity contribution in [2.75, 3.05) is 52.6 Å². The molecule has 4 aliphatic heterocycles. The molecule has 0 aromatic rings. The molecule has 0 bridgehead atoms. The summed E-state index contributed by atoms with van der Waals surface area (Å²) in [7, 11) is 0. The fraction of sp³-hybridized carbons (Fsp3) is 0.765. The Bertz CT molecular complexity index is 535. The van der Waals surface area contributed by atoms with Crippen molar-refractivity contribution >= 4 is 11.8 Å². The van der Waals surface area contributed by atoms with Crippen molar-refractivity contribution in [3.63, 3.8) is 0 Å². The molecule has 0 aromatic heterocycles. The second-order valence-electron chi connectivity index (χ2n) is 7.10. The number of carbonyl (C=O) groups excluding carboxylic acids is 2. The number of nitrogens with zero attached hydrogens (tertiary/aromatic N) is 2. The highest BCUT2D eigenvalue weighted by molar-refractivity contribution is 6.00. The zero-order valence-electron chi connectivity index (χ0n) is 14.4. The van der Waals surface area contributed by atoms with Crippen molar-refractivity contribution in [2.24, 2.45) is 0 Å². The normalized spacial score (nSPS) is 32.1. The van der Waals surface area contributed by atoms with Crippen molar-refractivity contribution < 1.29 is 28.5 Å². The largest absolute Gasteiger partial charge is 0.371 e. The average Bonchev–Trinajstić information content (AvgIpc) is 3.44. The number of carbonyl (C=O) groups is 2. The summed E-state index contributed by atoms with van der Waals surface area (Å²) in [5, 5.41) is 0. The molecule has 25 heavy (non-hydrogen) atoms. The quantitative estimate of drug-likeness (QED) is 0.377. The maximum Gasteiger partial charge on any atom is 0.249 e. The number of epoxide rings is 4. The van der Waals surface area contributed by atoms with Crippen LogP contribution >= 0.6 is 0 Å². The van der Waals surface area contributed by atoms with E-state index in [1.54, 1.807) is 16.7 Å². The van der Waals surface area contributed by atoms with E-state index in [-0.39, 0.29) is 36.2 Å². The van der Waals surface area contributed by atoms with Crippen molar-refractivity contribution in [1.29, 1.82) is 0 Å². The summed E-state index contributed by atoms with van der Waals surface area (Å²) in [5.41, 5.74) is 0.435. The Morgan fingerprint density at radius 1 is 0.800 bits per heavy atom. The van der Waals surface area contributed by atoms with Crippen molar-refractivity contribution in [3.8, 4) is 0 Å². The number of amides is 2. The van der Waals surface area contributed by atoms with Crippen molar-refractivity contribution in [1.82, 2.24) is 9.80 Å². The first kappa shape index (κ1) is 17.0. The number of ether oxygens (including phenoxy) is 4. The molecule has 0 radical (unpaired) electrons. The molecule has 8 heteroatoms. The molecule has 4 aliphatic rings. The van der Waals surface area contributed by atoms with E-state index >= 15 is 0 Å². The molecule has 8 nitrogen and oxygen atoms in total. The van der Waals surface area contributed by atoms with Crippen LogP contribution in [-0.4, -0.2) is 98.6 Å². The smallest absolute Gasteiger partial charge is 0.249 e. The molecule has 4 saturated heterocycles. The SMILES string of the molecule is C/C(=C\C(=O)N(CC1CO1)CC1CO1)C(=O)N(CC1CO1)CC1CO1. The first-order chi connectivity index (χ1) is 12.1. The van der Waals surface area contributed by atoms with Gasteiger partial charge in [0.1, 0.15) is 0 Å². The van der Waals surface area contributed by atoms with Crippen LogP contribution in [0.2, 0.25) is 0 Å². The van der Waals surface area contributed by atoms with Gasteiger partial charge in [-0.15, -0.1) is 0 Å². The molecule has 4 heterocycles. The summed E-state index contributed by atoms with van der Waals surface area (Å²) in [6, 6.07) is 0. The molecule has 0 spiro atoms. The standard InChI is InChI=1S/C17H24N2O6/c1-11(17(21)19(5-14-9-24-14)6-15-10-25-15)2-16(20)18(3-12-7-22-12)4-13-8-23-13/h2,12-15H,3-10H2,1H3/b11-2+. The molecule has 4 atom stereocenters. The Morgan fingerprint density at radius 3 is 1.52 bits per heavy atom. The second-order valence-corrected chi connectivity index (χ2v) is 7.10. The third-order valence-corrected chi connectivity index (χ3v) is 4.58. The summed E-state index contributed by atoms with van der Waals surface area (Å²) in [6.45, 7) is 6.63. The molecule has 4 unspecified atom stereocenters. The highest BCUT2D eigenvalue weighted by atomic mass is 16.6. The van der Waals surface area contributed by atoms with Gasteiger partial charge in [-0.05, 0) is 6.92 Å². The highest BCUT2D eigenvalue weighted by Crippen LogP contribution is 2.19. The lowest BCUT2D eigenvalue weighted by atomic mass is 10.2. The molecular formula is C17H24N2O6. The van der Waals surface area contributed by atoms with E-state index in [2.05, 4.69) is 0 Å². The van der Waals surface area contributed by atoms with Crippen molar-refractivity contribution in [2.45, 2.75) is 31.3 Å². The Morgan fingerprint density at radius 2 is 1.16 bits per heavy atom. The van der Waals surface area contributed by atoms with Gasteiger partial charge in [0.05, 0.1) is 50.8 Å². The maximum absolute atomic E-state index is 12.7. The fourth-order valence-electron chi connectivity index (χ4n) is 2.76. The van der Waals surface area contributed by atoms with Gasteiger partial charge in [0.15, 0.2) is 0 Å². The van der Waals surface area contributed by atoms with Gasteiger partial charge < -0.3 is 28.7 Å². The zero-order chi connectivity index (χ0) is 17.4. The molecule has 138 valence electrons. The molecule has 0 N–H and O–H groups in total. The van der Waals surface area contributed by atoms with E-state index in [1.807, 2.05) is 0 Å². The van der Waals surface area contributed by atoms with Gasteiger partial charge >= 0.3 is 0 Å². The van der Waals surface area contributed by atoms with E-state index in [0.717, 1.165) is 0 Å². The Balaban J connectivity index is 1.37. The molecular weight excluding hydrogens is 328 g/mol. The predicted octanol–water partition coefficient (Wildman–Crippen LogP) is -0.815. The summed E-state index contributed by atoms with van der Waals surface area (Å²) in [6.07, 6.45) is 1.88. The van der Waals surface area contributed by atoms with Gasteiger partial charge in [0, 0.05) is 37.8 Å². The Labute approximate surface area is 146 Å². The summed E-state index contributed by atoms with van der Waals surface area (Å²) < 4.78 is 20.9. The van der Waals surface area contributed by atoms with Crippen LogP contribution in [0.3, 0.4) is 0 Å². The average molecular weight is 352 g/mol. The topological polar surface area (TPSA) is 90.7 Å². The van der Waals surface area contributed by atoms with Gasteiger partial charge in [-0.25, -0.2) is 0 Å². The van der Waals surface area contributed by atoms with Crippen LogP contribution in [0.4, 0.5) is 0 Å². The van der Waals surface area contributed by atoms with Gasteiger partial charge in [-0.2, -0.15) is 0 Å². The molecule has 0 saturated carbocycles. The van der Waals surface area contributed by atoms with E-state index in [4.69, 9.17) is 18.9 Å². The first-order valence-corrected chi connectivity index (χ1v) is 8.81. The lowest BCUT2D eigenvalue weighted by Crippen LogP contribution is -2.39. The van der Waals surface area contributed by atoms with E-state index in [1.165, 1.54) is 6.08 Å².